The lowest BCUT2D eigenvalue weighted by atomic mass is 9.93. The Hall–Kier alpha value is -2.05. The summed E-state index contributed by atoms with van der Waals surface area (Å²) in [6.07, 6.45) is 6.53. The molecule has 1 aliphatic carbocycles. The third-order valence-corrected chi connectivity index (χ3v) is 6.60. The summed E-state index contributed by atoms with van der Waals surface area (Å²) in [5.74, 6) is 2.23. The lowest BCUT2D eigenvalue weighted by molar-refractivity contribution is -0.124. The van der Waals surface area contributed by atoms with E-state index >= 15 is 0 Å². The van der Waals surface area contributed by atoms with Gasteiger partial charge in [0.1, 0.15) is 17.1 Å². The molecular weight excluding hydrogens is 392 g/mol. The van der Waals surface area contributed by atoms with Crippen molar-refractivity contribution in [2.24, 2.45) is 5.92 Å². The number of fused-ring (bicyclic) bond motifs is 3. The van der Waals surface area contributed by atoms with Crippen molar-refractivity contribution >= 4 is 16.9 Å². The molecule has 2 unspecified atom stereocenters. The average molecular weight is 429 g/mol. The predicted molar refractivity (Wildman–Crippen MR) is 122 cm³/mol. The van der Waals surface area contributed by atoms with Gasteiger partial charge >= 0.3 is 0 Å². The van der Waals surface area contributed by atoms with Crippen molar-refractivity contribution in [3.8, 4) is 5.75 Å². The lowest BCUT2D eigenvalue weighted by Crippen LogP contribution is -2.51. The number of likely N-dealkylation sites (tertiary alicyclic amines) is 1. The molecule has 1 saturated heterocycles. The highest BCUT2D eigenvalue weighted by Crippen LogP contribution is 2.33. The Bertz CT molecular complexity index is 878. The zero-order chi connectivity index (χ0) is 21.6. The maximum absolute atomic E-state index is 12.5. The molecule has 170 valence electrons. The Balaban J connectivity index is 1.24. The van der Waals surface area contributed by atoms with Gasteiger partial charge in [0.25, 0.3) is 5.91 Å². The summed E-state index contributed by atoms with van der Waals surface area (Å²) in [7, 11) is 0. The molecule has 1 aliphatic heterocycles. The molecule has 2 heterocycles. The topological polar surface area (TPSA) is 63.9 Å². The zero-order valence-electron chi connectivity index (χ0n) is 19.0. The summed E-state index contributed by atoms with van der Waals surface area (Å²) in [4.78, 5) is 15.0. The smallest absolute Gasteiger partial charge is 0.258 e. The van der Waals surface area contributed by atoms with E-state index in [-0.39, 0.29) is 18.6 Å². The fourth-order valence-electron chi connectivity index (χ4n) is 4.91. The average Bonchev–Trinajstić information content (AvgIpc) is 3.15. The van der Waals surface area contributed by atoms with E-state index in [1.807, 2.05) is 25.1 Å². The van der Waals surface area contributed by atoms with Crippen LogP contribution in [-0.4, -0.2) is 56.3 Å². The lowest BCUT2D eigenvalue weighted by Gasteiger charge is -2.37. The van der Waals surface area contributed by atoms with E-state index in [9.17, 15) is 4.79 Å². The maximum atomic E-state index is 12.5. The van der Waals surface area contributed by atoms with Gasteiger partial charge in [0.2, 0.25) is 0 Å². The van der Waals surface area contributed by atoms with Crippen LogP contribution in [0.4, 0.5) is 0 Å². The number of nitrogens with zero attached hydrogens (tertiary/aromatic N) is 1. The van der Waals surface area contributed by atoms with Crippen molar-refractivity contribution in [2.45, 2.75) is 58.4 Å². The van der Waals surface area contributed by atoms with Gasteiger partial charge in [-0.15, -0.1) is 0 Å². The molecule has 2 aliphatic rings. The number of nitrogens with one attached hydrogen (secondary N) is 1. The fourth-order valence-corrected chi connectivity index (χ4v) is 4.91. The third kappa shape index (κ3) is 5.60. The van der Waals surface area contributed by atoms with Crippen molar-refractivity contribution in [3.63, 3.8) is 0 Å². The van der Waals surface area contributed by atoms with Crippen LogP contribution in [0, 0.1) is 5.92 Å². The first-order valence-corrected chi connectivity index (χ1v) is 11.9. The number of ether oxygens (including phenoxy) is 2. The highest BCUT2D eigenvalue weighted by molar-refractivity contribution is 5.84. The molecular formula is C25H36N2O4. The standard InChI is InChI=1S/C25H36N2O4/c1-3-29-14-6-12-27-13-11-22(18(2)16-27)26-25(28)17-30-19-9-10-24-21(15-19)20-7-4-5-8-23(20)31-24/h9-10,15,18,22H,3-8,11-14,16-17H2,1-2H3,(H,26,28). The Labute approximate surface area is 185 Å². The molecule has 2 aromatic rings. The summed E-state index contributed by atoms with van der Waals surface area (Å²) in [5, 5.41) is 4.32. The molecule has 0 radical (unpaired) electrons. The molecule has 1 aromatic carbocycles. The largest absolute Gasteiger partial charge is 0.484 e. The number of carbonyl (C=O) groups is 1. The van der Waals surface area contributed by atoms with E-state index in [1.54, 1.807) is 0 Å². The molecule has 31 heavy (non-hydrogen) atoms. The van der Waals surface area contributed by atoms with Gasteiger partial charge in [-0.05, 0) is 63.1 Å². The molecule has 6 heteroatoms. The number of furan rings is 1. The van der Waals surface area contributed by atoms with Crippen LogP contribution >= 0.6 is 0 Å². The van der Waals surface area contributed by atoms with E-state index in [0.717, 1.165) is 81.0 Å². The molecule has 0 bridgehead atoms. The van der Waals surface area contributed by atoms with Gasteiger partial charge in [0.15, 0.2) is 6.61 Å². The minimum Gasteiger partial charge on any atom is -0.484 e. The van der Waals surface area contributed by atoms with Gasteiger partial charge in [-0.3, -0.25) is 4.79 Å². The monoisotopic (exact) mass is 428 g/mol. The minimum atomic E-state index is -0.0454. The van der Waals surface area contributed by atoms with Crippen molar-refractivity contribution in [1.29, 1.82) is 0 Å². The van der Waals surface area contributed by atoms with Crippen molar-refractivity contribution in [1.82, 2.24) is 10.2 Å². The number of rotatable bonds is 9. The van der Waals surface area contributed by atoms with Crippen LogP contribution in [0.25, 0.3) is 11.0 Å². The molecule has 0 spiro atoms. The van der Waals surface area contributed by atoms with Crippen LogP contribution in [0.2, 0.25) is 0 Å². The SMILES string of the molecule is CCOCCCN1CCC(NC(=O)COc2ccc3oc4c(c3c2)CCCC4)C(C)C1. The summed E-state index contributed by atoms with van der Waals surface area (Å²) in [6, 6.07) is 6.10. The molecule has 1 fully saturated rings. The third-order valence-electron chi connectivity index (χ3n) is 6.60. The van der Waals surface area contributed by atoms with Crippen LogP contribution in [0.1, 0.15) is 50.9 Å². The van der Waals surface area contributed by atoms with E-state index in [2.05, 4.69) is 17.1 Å². The second-order valence-corrected chi connectivity index (χ2v) is 8.95. The molecule has 1 N–H and O–H groups in total. The van der Waals surface area contributed by atoms with Gasteiger partial charge in [0.05, 0.1) is 0 Å². The van der Waals surface area contributed by atoms with Crippen LogP contribution in [0.15, 0.2) is 22.6 Å². The number of carbonyl (C=O) groups excluding carboxylic acids is 1. The van der Waals surface area contributed by atoms with Crippen LogP contribution in [0.5, 0.6) is 5.75 Å². The number of aryl methyl sites for hydroxylation is 2. The molecule has 1 aromatic heterocycles. The van der Waals surface area contributed by atoms with Gasteiger partial charge in [0, 0.05) is 56.3 Å². The van der Waals surface area contributed by atoms with E-state index in [0.29, 0.717) is 5.92 Å². The Kier molecular flexibility index (Phi) is 7.51. The number of piperidine rings is 1. The quantitative estimate of drug-likeness (QED) is 0.613. The summed E-state index contributed by atoms with van der Waals surface area (Å²) < 4.78 is 17.2. The van der Waals surface area contributed by atoms with E-state index in [4.69, 9.17) is 13.9 Å². The number of hydrogen-bond donors (Lipinski definition) is 1. The van der Waals surface area contributed by atoms with Crippen LogP contribution < -0.4 is 10.1 Å². The highest BCUT2D eigenvalue weighted by Gasteiger charge is 2.27. The minimum absolute atomic E-state index is 0.0454. The number of amides is 1. The second kappa shape index (κ2) is 10.5. The zero-order valence-corrected chi connectivity index (χ0v) is 19.0. The summed E-state index contributed by atoms with van der Waals surface area (Å²) in [5.41, 5.74) is 2.24. The second-order valence-electron chi connectivity index (χ2n) is 8.95. The molecule has 1 amide bonds. The number of benzene rings is 1. The molecule has 6 nitrogen and oxygen atoms in total. The fraction of sp³-hybridized carbons (Fsp3) is 0.640. The van der Waals surface area contributed by atoms with Gasteiger partial charge in [-0.2, -0.15) is 0 Å². The summed E-state index contributed by atoms with van der Waals surface area (Å²) in [6.45, 7) is 9.00. The Morgan fingerprint density at radius 2 is 2.16 bits per heavy atom. The van der Waals surface area contributed by atoms with E-state index < -0.39 is 0 Å². The van der Waals surface area contributed by atoms with Gasteiger partial charge in [-0.1, -0.05) is 6.92 Å². The first-order valence-electron chi connectivity index (χ1n) is 11.9. The molecule has 0 saturated carbocycles. The maximum Gasteiger partial charge on any atom is 0.258 e. The Morgan fingerprint density at radius 1 is 1.29 bits per heavy atom. The van der Waals surface area contributed by atoms with E-state index in [1.165, 1.54) is 18.4 Å². The van der Waals surface area contributed by atoms with Gasteiger partial charge < -0.3 is 24.1 Å². The first-order chi connectivity index (χ1) is 15.1. The van der Waals surface area contributed by atoms with Crippen LogP contribution in [-0.2, 0) is 22.4 Å². The van der Waals surface area contributed by atoms with Crippen molar-refractivity contribution in [2.75, 3.05) is 39.5 Å². The number of hydrogen-bond acceptors (Lipinski definition) is 5. The van der Waals surface area contributed by atoms with Crippen molar-refractivity contribution in [3.05, 3.63) is 29.5 Å². The molecule has 4 rings (SSSR count). The predicted octanol–water partition coefficient (Wildman–Crippen LogP) is 3.94. The normalized spacial score (nSPS) is 21.7. The van der Waals surface area contributed by atoms with Gasteiger partial charge in [-0.25, -0.2) is 0 Å². The van der Waals surface area contributed by atoms with Crippen molar-refractivity contribution < 1.29 is 18.7 Å². The highest BCUT2D eigenvalue weighted by atomic mass is 16.5. The van der Waals surface area contributed by atoms with Crippen LogP contribution in [0.3, 0.4) is 0 Å². The Morgan fingerprint density at radius 3 is 3.00 bits per heavy atom. The molecule has 2 atom stereocenters. The summed E-state index contributed by atoms with van der Waals surface area (Å²) >= 11 is 0. The first kappa shape index (κ1) is 22.2.